The van der Waals surface area contributed by atoms with E-state index in [9.17, 15) is 0 Å². The highest BCUT2D eigenvalue weighted by atomic mass is 79.9. The third-order valence-electron chi connectivity index (χ3n) is 4.01. The van der Waals surface area contributed by atoms with Gasteiger partial charge in [-0.1, -0.05) is 41.1 Å². The third-order valence-corrected chi connectivity index (χ3v) is 4.60. The Bertz CT molecular complexity index is 595. The lowest BCUT2D eigenvalue weighted by molar-refractivity contribution is 0.401. The number of halogens is 1. The minimum absolute atomic E-state index is 0.366. The fourth-order valence-electron chi connectivity index (χ4n) is 2.92. The average Bonchev–Trinajstić information content (AvgIpc) is 2.51. The van der Waals surface area contributed by atoms with E-state index in [0.29, 0.717) is 17.8 Å². The van der Waals surface area contributed by atoms with Crippen molar-refractivity contribution in [2.24, 2.45) is 5.92 Å². The first-order valence-electron chi connectivity index (χ1n) is 6.75. The number of hydrogen-bond donors (Lipinski definition) is 0. The molecule has 20 heavy (non-hydrogen) atoms. The Hall–Kier alpha value is -1.66. The molecule has 0 saturated carbocycles. The van der Waals surface area contributed by atoms with Crippen LogP contribution in [0.1, 0.15) is 36.3 Å². The van der Waals surface area contributed by atoms with E-state index in [-0.39, 0.29) is 0 Å². The van der Waals surface area contributed by atoms with E-state index in [1.54, 1.807) is 6.20 Å². The van der Waals surface area contributed by atoms with E-state index >= 15 is 0 Å². The first kappa shape index (κ1) is 13.3. The smallest absolute Gasteiger partial charge is 0.0770 e. The lowest BCUT2D eigenvalue weighted by atomic mass is 9.72. The second-order valence-electron chi connectivity index (χ2n) is 5.23. The van der Waals surface area contributed by atoms with Gasteiger partial charge in [-0.05, 0) is 34.5 Å². The zero-order valence-corrected chi connectivity index (χ0v) is 12.8. The van der Waals surface area contributed by atoms with E-state index in [1.807, 2.05) is 24.7 Å². The number of nitrogens with zero attached hydrogens (tertiary/aromatic N) is 2. The predicted octanol–water partition coefficient (Wildman–Crippen LogP) is 4.26. The van der Waals surface area contributed by atoms with E-state index in [1.165, 1.54) is 10.0 Å². The topological polar surface area (TPSA) is 25.8 Å². The lowest BCUT2D eigenvalue weighted by Gasteiger charge is -2.33. The molecule has 3 unspecified atom stereocenters. The zero-order chi connectivity index (χ0) is 13.9. The van der Waals surface area contributed by atoms with Crippen LogP contribution in [0, 0.1) is 18.1 Å². The Labute approximate surface area is 128 Å². The molecule has 1 aliphatic carbocycles. The molecule has 100 valence electrons. The van der Waals surface area contributed by atoms with Crippen molar-refractivity contribution >= 4 is 15.9 Å². The number of rotatable bonds is 2. The molecule has 2 aromatic rings. The molecule has 0 spiro atoms. The monoisotopic (exact) mass is 326 g/mol. The largest absolute Gasteiger partial charge is 0.264 e. The molecular formula is C17H15BrN2. The average molecular weight is 327 g/mol. The fourth-order valence-corrected chi connectivity index (χ4v) is 3.55. The number of hydrogen-bond acceptors (Lipinski definition) is 2. The Balaban J connectivity index is 1.95. The zero-order valence-electron chi connectivity index (χ0n) is 11.3. The molecule has 0 aliphatic heterocycles. The molecule has 0 bridgehead atoms. The summed E-state index contributed by atoms with van der Waals surface area (Å²) < 4.78 is 1.24. The van der Waals surface area contributed by atoms with Crippen molar-refractivity contribution < 1.29 is 0 Å². The van der Waals surface area contributed by atoms with E-state index in [4.69, 9.17) is 0 Å². The van der Waals surface area contributed by atoms with Crippen LogP contribution in [0.2, 0.25) is 0 Å². The summed E-state index contributed by atoms with van der Waals surface area (Å²) in [5, 5.41) is 0. The van der Waals surface area contributed by atoms with Gasteiger partial charge in [0, 0.05) is 36.0 Å². The number of pyridine rings is 1. The van der Waals surface area contributed by atoms with Gasteiger partial charge < -0.3 is 0 Å². The summed E-state index contributed by atoms with van der Waals surface area (Å²) in [6, 6.07) is 10.3. The summed E-state index contributed by atoms with van der Waals surface area (Å²) in [6.45, 7) is 2.29. The van der Waals surface area contributed by atoms with Crippen molar-refractivity contribution in [1.29, 1.82) is 0 Å². The number of aromatic nitrogens is 2. The lowest BCUT2D eigenvalue weighted by Crippen LogP contribution is -2.21. The van der Waals surface area contributed by atoms with Crippen LogP contribution in [0.5, 0.6) is 0 Å². The fraction of sp³-hybridized carbons (Fsp3) is 0.294. The Morgan fingerprint density at radius 2 is 2.20 bits per heavy atom. The van der Waals surface area contributed by atoms with Crippen molar-refractivity contribution in [2.75, 3.05) is 0 Å². The minimum atomic E-state index is 0.366. The quantitative estimate of drug-likeness (QED) is 0.823. The summed E-state index contributed by atoms with van der Waals surface area (Å²) in [6.07, 6.45) is 10.6. The predicted molar refractivity (Wildman–Crippen MR) is 82.4 cm³/mol. The summed E-state index contributed by atoms with van der Waals surface area (Å²) in [7, 11) is 0. The first-order valence-corrected chi connectivity index (χ1v) is 7.54. The molecule has 2 aromatic heterocycles. The molecule has 0 N–H and O–H groups in total. The van der Waals surface area contributed by atoms with E-state index < -0.39 is 0 Å². The molecule has 2 nitrogen and oxygen atoms in total. The molecule has 0 aromatic carbocycles. The second-order valence-corrected chi connectivity index (χ2v) is 6.25. The molecule has 0 saturated heterocycles. The van der Waals surface area contributed by atoms with Gasteiger partial charge in [-0.15, -0.1) is 0 Å². The summed E-state index contributed by atoms with van der Waals surface area (Å²) in [5.74, 6) is 1.25. The molecule has 3 rings (SSSR count). The second kappa shape index (κ2) is 5.76. The normalized spacial score (nSPS) is 25.7. The van der Waals surface area contributed by atoms with Crippen molar-refractivity contribution in [1.82, 2.24) is 9.97 Å². The van der Waals surface area contributed by atoms with Gasteiger partial charge in [-0.2, -0.15) is 0 Å². The van der Waals surface area contributed by atoms with Crippen LogP contribution in [0.25, 0.3) is 0 Å². The van der Waals surface area contributed by atoms with Gasteiger partial charge in [-0.25, -0.2) is 0 Å². The van der Waals surface area contributed by atoms with Gasteiger partial charge >= 0.3 is 0 Å². The number of allylic oxidation sites excluding steroid dienone is 2. The highest BCUT2D eigenvalue weighted by molar-refractivity contribution is 9.11. The van der Waals surface area contributed by atoms with Crippen molar-refractivity contribution in [3.8, 4) is 0 Å². The maximum Gasteiger partial charge on any atom is 0.0770 e. The molecule has 0 amide bonds. The van der Waals surface area contributed by atoms with Gasteiger partial charge in [0.2, 0.25) is 0 Å². The van der Waals surface area contributed by atoms with Crippen molar-refractivity contribution in [3.05, 3.63) is 70.7 Å². The van der Waals surface area contributed by atoms with E-state index in [0.717, 1.165) is 12.0 Å². The van der Waals surface area contributed by atoms with Gasteiger partial charge in [-0.3, -0.25) is 9.97 Å². The van der Waals surface area contributed by atoms with Gasteiger partial charge in [0.15, 0.2) is 0 Å². The SMILES string of the molecule is CC1C(c2cccnc2)C=C(Br)CC1c1c#ccnc1. The van der Waals surface area contributed by atoms with Crippen LogP contribution in [0.15, 0.2) is 47.5 Å². The van der Waals surface area contributed by atoms with Gasteiger partial charge in [0.05, 0.1) is 6.20 Å². The van der Waals surface area contributed by atoms with Crippen molar-refractivity contribution in [2.45, 2.75) is 25.2 Å². The third kappa shape index (κ3) is 2.62. The van der Waals surface area contributed by atoms with Crippen LogP contribution in [0.3, 0.4) is 0 Å². The molecule has 0 radical (unpaired) electrons. The van der Waals surface area contributed by atoms with Gasteiger partial charge in [0.25, 0.3) is 0 Å². The van der Waals surface area contributed by atoms with Gasteiger partial charge in [0.1, 0.15) is 0 Å². The molecule has 1 aliphatic rings. The Morgan fingerprint density at radius 1 is 1.30 bits per heavy atom. The molecule has 3 heteroatoms. The van der Waals surface area contributed by atoms with Crippen LogP contribution >= 0.6 is 15.9 Å². The minimum Gasteiger partial charge on any atom is -0.264 e. The van der Waals surface area contributed by atoms with Crippen LogP contribution < -0.4 is 0 Å². The summed E-state index contributed by atoms with van der Waals surface area (Å²) >= 11 is 3.69. The summed E-state index contributed by atoms with van der Waals surface area (Å²) in [5.41, 5.74) is 2.40. The molecule has 0 fully saturated rings. The Kier molecular flexibility index (Phi) is 3.84. The standard InChI is InChI=1S/C17H15BrN2/c1-12-16(13-4-2-6-19-10-13)8-15(18)9-17(12)14-5-3-7-20-11-14/h2,4,6-8,10-12,16-17H,9H2,1H3. The van der Waals surface area contributed by atoms with E-state index in [2.05, 4.69) is 57.1 Å². The highest BCUT2D eigenvalue weighted by Crippen LogP contribution is 2.45. The van der Waals surface area contributed by atoms with Crippen LogP contribution in [-0.4, -0.2) is 9.97 Å². The van der Waals surface area contributed by atoms with Crippen LogP contribution in [0.4, 0.5) is 0 Å². The molecular weight excluding hydrogens is 312 g/mol. The van der Waals surface area contributed by atoms with Crippen molar-refractivity contribution in [3.63, 3.8) is 0 Å². The highest BCUT2D eigenvalue weighted by Gasteiger charge is 2.31. The maximum atomic E-state index is 4.25. The maximum absolute atomic E-state index is 4.25. The molecule has 3 atom stereocenters. The molecule has 2 heterocycles. The van der Waals surface area contributed by atoms with Crippen LogP contribution in [-0.2, 0) is 0 Å². The first-order chi connectivity index (χ1) is 9.75. The summed E-state index contributed by atoms with van der Waals surface area (Å²) in [4.78, 5) is 8.43. The Morgan fingerprint density at radius 3 is 2.90 bits per heavy atom.